The first-order valence-corrected chi connectivity index (χ1v) is 8.34. The molecule has 0 amide bonds. The van der Waals surface area contributed by atoms with Crippen molar-refractivity contribution in [2.75, 3.05) is 17.3 Å². The molecular formula is C12H18N2O2S2. The third-order valence-corrected chi connectivity index (χ3v) is 5.18. The fourth-order valence-corrected chi connectivity index (χ4v) is 4.10. The van der Waals surface area contributed by atoms with Gasteiger partial charge in [-0.3, -0.25) is 4.79 Å². The van der Waals surface area contributed by atoms with Gasteiger partial charge in [0, 0.05) is 23.7 Å². The quantitative estimate of drug-likeness (QED) is 0.843. The van der Waals surface area contributed by atoms with Crippen molar-refractivity contribution in [3.63, 3.8) is 0 Å². The number of aliphatic carboxylic acids is 1. The van der Waals surface area contributed by atoms with Crippen molar-refractivity contribution in [2.45, 2.75) is 37.4 Å². The Labute approximate surface area is 116 Å². The van der Waals surface area contributed by atoms with E-state index in [1.165, 1.54) is 36.1 Å². The lowest BCUT2D eigenvalue weighted by Gasteiger charge is -2.26. The average Bonchev–Trinajstić information content (AvgIpc) is 2.80. The topological polar surface area (TPSA) is 55.1 Å². The first-order chi connectivity index (χ1) is 8.72. The average molecular weight is 286 g/mol. The molecule has 2 rings (SSSR count). The molecule has 18 heavy (non-hydrogen) atoms. The number of thioether (sulfide) groups is 2. The number of carboxylic acids is 1. The SMILES string of the molecule is CCc1cnc(SCC(=O)O)n1C1CCCSC1. The van der Waals surface area contributed by atoms with E-state index in [1.807, 2.05) is 18.0 Å². The van der Waals surface area contributed by atoms with E-state index in [1.54, 1.807) is 0 Å². The van der Waals surface area contributed by atoms with E-state index < -0.39 is 5.97 Å². The zero-order chi connectivity index (χ0) is 13.0. The van der Waals surface area contributed by atoms with E-state index in [9.17, 15) is 4.79 Å². The molecule has 1 aliphatic heterocycles. The van der Waals surface area contributed by atoms with Gasteiger partial charge in [-0.25, -0.2) is 4.98 Å². The van der Waals surface area contributed by atoms with Crippen molar-refractivity contribution in [1.82, 2.24) is 9.55 Å². The molecule has 0 radical (unpaired) electrons. The maximum Gasteiger partial charge on any atom is 0.313 e. The number of hydrogen-bond acceptors (Lipinski definition) is 4. The Morgan fingerprint density at radius 1 is 1.72 bits per heavy atom. The van der Waals surface area contributed by atoms with Crippen LogP contribution in [0.3, 0.4) is 0 Å². The predicted octanol–water partition coefficient (Wildman–Crippen LogP) is 2.69. The number of carboxylic acid groups (broad SMARTS) is 1. The van der Waals surface area contributed by atoms with Crippen molar-refractivity contribution in [2.24, 2.45) is 0 Å². The second kappa shape index (κ2) is 6.52. The van der Waals surface area contributed by atoms with Crippen LogP contribution in [0.25, 0.3) is 0 Å². The van der Waals surface area contributed by atoms with Gasteiger partial charge in [0.2, 0.25) is 0 Å². The summed E-state index contributed by atoms with van der Waals surface area (Å²) in [4.78, 5) is 15.1. The highest BCUT2D eigenvalue weighted by Gasteiger charge is 2.21. The van der Waals surface area contributed by atoms with Crippen LogP contribution < -0.4 is 0 Å². The van der Waals surface area contributed by atoms with Gasteiger partial charge in [0.25, 0.3) is 0 Å². The predicted molar refractivity (Wildman–Crippen MR) is 75.6 cm³/mol. The summed E-state index contributed by atoms with van der Waals surface area (Å²) in [6, 6.07) is 0.484. The molecule has 0 aliphatic carbocycles. The van der Waals surface area contributed by atoms with Crippen LogP contribution in [0, 0.1) is 0 Å². The normalized spacial score (nSPS) is 19.9. The van der Waals surface area contributed by atoms with Crippen LogP contribution in [0.5, 0.6) is 0 Å². The first-order valence-electron chi connectivity index (χ1n) is 6.20. The molecular weight excluding hydrogens is 268 g/mol. The van der Waals surface area contributed by atoms with E-state index in [0.717, 1.165) is 17.3 Å². The monoisotopic (exact) mass is 286 g/mol. The number of carbonyl (C=O) groups is 1. The molecule has 2 heterocycles. The number of imidazole rings is 1. The minimum absolute atomic E-state index is 0.0834. The Kier molecular flexibility index (Phi) is 5.00. The van der Waals surface area contributed by atoms with Gasteiger partial charge in [-0.05, 0) is 25.0 Å². The number of nitrogens with zero attached hydrogens (tertiary/aromatic N) is 2. The summed E-state index contributed by atoms with van der Waals surface area (Å²) in [7, 11) is 0. The van der Waals surface area contributed by atoms with Crippen molar-refractivity contribution >= 4 is 29.5 Å². The summed E-state index contributed by atoms with van der Waals surface area (Å²) >= 11 is 3.31. The fraction of sp³-hybridized carbons (Fsp3) is 0.667. The van der Waals surface area contributed by atoms with Crippen LogP contribution >= 0.6 is 23.5 Å². The number of aromatic nitrogens is 2. The molecule has 0 spiro atoms. The minimum atomic E-state index is -0.786. The fourth-order valence-electron chi connectivity index (χ4n) is 2.19. The standard InChI is InChI=1S/C12H18N2O2S2/c1-2-9-6-13-12(18-8-11(15)16)14(9)10-4-3-5-17-7-10/h6,10H,2-5,7-8H2,1H3,(H,15,16). The van der Waals surface area contributed by atoms with Gasteiger partial charge in [-0.1, -0.05) is 18.7 Å². The van der Waals surface area contributed by atoms with Gasteiger partial charge in [-0.2, -0.15) is 11.8 Å². The molecule has 1 aromatic rings. The highest BCUT2D eigenvalue weighted by atomic mass is 32.2. The Balaban J connectivity index is 2.18. The van der Waals surface area contributed by atoms with Crippen molar-refractivity contribution < 1.29 is 9.90 Å². The lowest BCUT2D eigenvalue weighted by atomic mass is 10.1. The highest BCUT2D eigenvalue weighted by Crippen LogP contribution is 2.32. The van der Waals surface area contributed by atoms with E-state index in [0.29, 0.717) is 6.04 Å². The van der Waals surface area contributed by atoms with Crippen LogP contribution in [-0.2, 0) is 11.2 Å². The summed E-state index contributed by atoms with van der Waals surface area (Å²) in [5.74, 6) is 1.65. The van der Waals surface area contributed by atoms with E-state index >= 15 is 0 Å². The molecule has 6 heteroatoms. The zero-order valence-electron chi connectivity index (χ0n) is 10.5. The van der Waals surface area contributed by atoms with E-state index in [2.05, 4.69) is 16.5 Å². The summed E-state index contributed by atoms with van der Waals surface area (Å²) in [6.45, 7) is 2.12. The maximum atomic E-state index is 10.7. The smallest absolute Gasteiger partial charge is 0.313 e. The van der Waals surface area contributed by atoms with Gasteiger partial charge >= 0.3 is 5.97 Å². The van der Waals surface area contributed by atoms with Gasteiger partial charge < -0.3 is 9.67 Å². The van der Waals surface area contributed by atoms with Gasteiger partial charge in [0.05, 0.1) is 5.75 Å². The maximum absolute atomic E-state index is 10.7. The zero-order valence-corrected chi connectivity index (χ0v) is 12.1. The van der Waals surface area contributed by atoms with Crippen LogP contribution in [0.1, 0.15) is 31.5 Å². The molecule has 1 aromatic heterocycles. The number of aryl methyl sites for hydroxylation is 1. The molecule has 1 N–H and O–H groups in total. The Morgan fingerprint density at radius 3 is 3.17 bits per heavy atom. The lowest BCUT2D eigenvalue weighted by molar-refractivity contribution is -0.133. The van der Waals surface area contributed by atoms with E-state index in [-0.39, 0.29) is 5.75 Å². The van der Waals surface area contributed by atoms with Crippen LogP contribution in [0.4, 0.5) is 0 Å². The van der Waals surface area contributed by atoms with Gasteiger partial charge in [0.1, 0.15) is 0 Å². The molecule has 4 nitrogen and oxygen atoms in total. The Hall–Kier alpha value is -0.620. The summed E-state index contributed by atoms with van der Waals surface area (Å²) in [5, 5.41) is 9.64. The number of hydrogen-bond donors (Lipinski definition) is 1. The molecule has 0 bridgehead atoms. The summed E-state index contributed by atoms with van der Waals surface area (Å²) in [5.41, 5.74) is 1.22. The van der Waals surface area contributed by atoms with Crippen LogP contribution in [-0.4, -0.2) is 37.9 Å². The Morgan fingerprint density at radius 2 is 2.56 bits per heavy atom. The third kappa shape index (κ3) is 3.23. The first kappa shape index (κ1) is 13.8. The van der Waals surface area contributed by atoms with Crippen molar-refractivity contribution in [1.29, 1.82) is 0 Å². The van der Waals surface area contributed by atoms with Gasteiger partial charge in [0.15, 0.2) is 5.16 Å². The third-order valence-electron chi connectivity index (χ3n) is 3.03. The van der Waals surface area contributed by atoms with Crippen LogP contribution in [0.15, 0.2) is 11.4 Å². The Bertz CT molecular complexity index is 414. The molecule has 1 unspecified atom stereocenters. The van der Waals surface area contributed by atoms with Gasteiger partial charge in [-0.15, -0.1) is 0 Å². The molecule has 0 saturated carbocycles. The molecule has 1 atom stereocenters. The molecule has 1 saturated heterocycles. The largest absolute Gasteiger partial charge is 0.481 e. The lowest BCUT2D eigenvalue weighted by Crippen LogP contribution is -2.19. The highest BCUT2D eigenvalue weighted by molar-refractivity contribution is 7.99. The number of rotatable bonds is 5. The van der Waals surface area contributed by atoms with Crippen LogP contribution in [0.2, 0.25) is 0 Å². The molecule has 1 aliphatic rings. The second-order valence-corrected chi connectivity index (χ2v) is 6.40. The van der Waals surface area contributed by atoms with E-state index in [4.69, 9.17) is 5.11 Å². The molecule has 0 aromatic carbocycles. The second-order valence-electron chi connectivity index (χ2n) is 4.31. The molecule has 1 fully saturated rings. The summed E-state index contributed by atoms with van der Waals surface area (Å²) in [6.07, 6.45) is 5.25. The minimum Gasteiger partial charge on any atom is -0.481 e. The summed E-state index contributed by atoms with van der Waals surface area (Å²) < 4.78 is 2.26. The van der Waals surface area contributed by atoms with Crippen molar-refractivity contribution in [3.8, 4) is 0 Å². The van der Waals surface area contributed by atoms with Crippen molar-refractivity contribution in [3.05, 3.63) is 11.9 Å². The molecule has 100 valence electrons.